The van der Waals surface area contributed by atoms with Gasteiger partial charge in [-0.25, -0.2) is 4.79 Å². The Morgan fingerprint density at radius 3 is 2.86 bits per heavy atom. The molecule has 1 heterocycles. The van der Waals surface area contributed by atoms with Crippen molar-refractivity contribution in [2.75, 3.05) is 13.1 Å². The van der Waals surface area contributed by atoms with Gasteiger partial charge in [0, 0.05) is 12.7 Å². The van der Waals surface area contributed by atoms with Crippen molar-refractivity contribution in [1.29, 1.82) is 0 Å². The Labute approximate surface area is 124 Å². The number of aliphatic carboxylic acids is 1. The van der Waals surface area contributed by atoms with Crippen LogP contribution in [-0.4, -0.2) is 40.1 Å². The van der Waals surface area contributed by atoms with Crippen molar-refractivity contribution in [3.05, 3.63) is 29.6 Å². The van der Waals surface area contributed by atoms with Crippen LogP contribution in [0.3, 0.4) is 0 Å². The quantitative estimate of drug-likeness (QED) is 0.800. The number of hydrogen-bond acceptors (Lipinski definition) is 3. The van der Waals surface area contributed by atoms with E-state index >= 15 is 0 Å². The van der Waals surface area contributed by atoms with Crippen LogP contribution in [0.1, 0.15) is 31.0 Å². The molecule has 0 bridgehead atoms. The first-order chi connectivity index (χ1) is 10.1. The fourth-order valence-corrected chi connectivity index (χ4v) is 2.22. The lowest BCUT2D eigenvalue weighted by Gasteiger charge is -2.21. The van der Waals surface area contributed by atoms with Crippen molar-refractivity contribution >= 4 is 12.0 Å². The number of nitrogens with one attached hydrogen (secondary N) is 1. The normalized spacial score (nSPS) is 13.8. The molecule has 21 heavy (non-hydrogen) atoms. The molecule has 0 atom stereocenters. The van der Waals surface area contributed by atoms with E-state index in [0.29, 0.717) is 19.0 Å². The molecule has 114 valence electrons. The van der Waals surface area contributed by atoms with E-state index in [0.717, 1.165) is 30.5 Å². The summed E-state index contributed by atoms with van der Waals surface area (Å²) < 4.78 is 0. The van der Waals surface area contributed by atoms with Crippen LogP contribution in [0, 0.1) is 5.92 Å². The van der Waals surface area contributed by atoms with E-state index in [4.69, 9.17) is 5.11 Å². The molecule has 2 N–H and O–H groups in total. The largest absolute Gasteiger partial charge is 0.480 e. The number of carboxylic acids is 1. The van der Waals surface area contributed by atoms with Gasteiger partial charge in [0.15, 0.2) is 0 Å². The molecular weight excluding hydrogens is 270 g/mol. The van der Waals surface area contributed by atoms with Gasteiger partial charge >= 0.3 is 12.0 Å². The van der Waals surface area contributed by atoms with Gasteiger partial charge in [0.25, 0.3) is 0 Å². The standard InChI is InChI=1S/C15H21N3O3/c1-2-12-4-3-7-16-13(12)8-17-15(21)18(10-14(19)20)9-11-5-6-11/h3-4,7,11H,2,5-6,8-10H2,1H3,(H,17,21)(H,19,20). The second-order valence-corrected chi connectivity index (χ2v) is 5.34. The van der Waals surface area contributed by atoms with Gasteiger partial charge in [0.05, 0.1) is 12.2 Å². The molecule has 1 aromatic rings. The van der Waals surface area contributed by atoms with E-state index in [1.54, 1.807) is 6.20 Å². The number of carbonyl (C=O) groups is 2. The Morgan fingerprint density at radius 2 is 2.24 bits per heavy atom. The van der Waals surface area contributed by atoms with Gasteiger partial charge in [-0.2, -0.15) is 0 Å². The molecule has 6 nitrogen and oxygen atoms in total. The zero-order chi connectivity index (χ0) is 15.2. The smallest absolute Gasteiger partial charge is 0.323 e. The molecule has 1 aliphatic carbocycles. The molecule has 0 spiro atoms. The maximum absolute atomic E-state index is 12.1. The Bertz CT molecular complexity index is 515. The van der Waals surface area contributed by atoms with Crippen LogP contribution in [0.5, 0.6) is 0 Å². The van der Waals surface area contributed by atoms with Gasteiger partial charge in [-0.1, -0.05) is 13.0 Å². The molecule has 1 fully saturated rings. The minimum absolute atomic E-state index is 0.259. The number of carbonyl (C=O) groups excluding carboxylic acids is 1. The number of rotatable bonds is 7. The molecule has 0 saturated heterocycles. The van der Waals surface area contributed by atoms with E-state index in [1.165, 1.54) is 4.90 Å². The van der Waals surface area contributed by atoms with Crippen LogP contribution in [0.4, 0.5) is 4.79 Å². The minimum Gasteiger partial charge on any atom is -0.480 e. The lowest BCUT2D eigenvalue weighted by Crippen LogP contribution is -2.43. The van der Waals surface area contributed by atoms with Gasteiger partial charge in [0.1, 0.15) is 6.54 Å². The second kappa shape index (κ2) is 7.06. The van der Waals surface area contributed by atoms with Crippen molar-refractivity contribution in [2.45, 2.75) is 32.7 Å². The number of nitrogens with zero attached hydrogens (tertiary/aromatic N) is 2. The summed E-state index contributed by atoms with van der Waals surface area (Å²) >= 11 is 0. The molecule has 2 rings (SSSR count). The number of aromatic nitrogens is 1. The second-order valence-electron chi connectivity index (χ2n) is 5.34. The number of carboxylic acid groups (broad SMARTS) is 1. The first-order valence-corrected chi connectivity index (χ1v) is 7.27. The van der Waals surface area contributed by atoms with E-state index in [9.17, 15) is 9.59 Å². The van der Waals surface area contributed by atoms with Gasteiger partial charge in [-0.05, 0) is 36.8 Å². The number of urea groups is 1. The zero-order valence-corrected chi connectivity index (χ0v) is 12.2. The molecule has 1 aromatic heterocycles. The highest BCUT2D eigenvalue weighted by Crippen LogP contribution is 2.29. The Hall–Kier alpha value is -2.11. The van der Waals surface area contributed by atoms with Crippen LogP contribution in [0.25, 0.3) is 0 Å². The zero-order valence-electron chi connectivity index (χ0n) is 12.2. The molecule has 0 radical (unpaired) electrons. The third-order valence-corrected chi connectivity index (χ3v) is 3.56. The molecule has 1 aliphatic rings. The van der Waals surface area contributed by atoms with Gasteiger partial charge in [-0.3, -0.25) is 9.78 Å². The summed E-state index contributed by atoms with van der Waals surface area (Å²) in [5.74, 6) is -0.533. The van der Waals surface area contributed by atoms with E-state index < -0.39 is 5.97 Å². The molecule has 0 unspecified atom stereocenters. The van der Waals surface area contributed by atoms with Gasteiger partial charge in [-0.15, -0.1) is 0 Å². The summed E-state index contributed by atoms with van der Waals surface area (Å²) in [7, 11) is 0. The topological polar surface area (TPSA) is 82.5 Å². The fourth-order valence-electron chi connectivity index (χ4n) is 2.22. The first-order valence-electron chi connectivity index (χ1n) is 7.27. The monoisotopic (exact) mass is 291 g/mol. The molecule has 0 aliphatic heterocycles. The molecular formula is C15H21N3O3. The number of pyridine rings is 1. The van der Waals surface area contributed by atoms with Crippen LogP contribution in [-0.2, 0) is 17.8 Å². The average Bonchev–Trinajstić information content (AvgIpc) is 3.28. The Balaban J connectivity index is 1.92. The number of aryl methyl sites for hydroxylation is 1. The lowest BCUT2D eigenvalue weighted by molar-refractivity contribution is -0.137. The van der Waals surface area contributed by atoms with Crippen LogP contribution in [0.15, 0.2) is 18.3 Å². The highest BCUT2D eigenvalue weighted by Gasteiger charge is 2.27. The predicted octanol–water partition coefficient (Wildman–Crippen LogP) is 1.65. The lowest BCUT2D eigenvalue weighted by atomic mass is 10.1. The highest BCUT2D eigenvalue weighted by molar-refractivity contribution is 5.80. The summed E-state index contributed by atoms with van der Waals surface area (Å²) in [4.78, 5) is 28.6. The molecule has 6 heteroatoms. The number of amides is 2. The third kappa shape index (κ3) is 4.73. The average molecular weight is 291 g/mol. The predicted molar refractivity (Wildman–Crippen MR) is 77.8 cm³/mol. The Morgan fingerprint density at radius 1 is 1.48 bits per heavy atom. The summed E-state index contributed by atoms with van der Waals surface area (Å²) in [6.07, 6.45) is 4.69. The summed E-state index contributed by atoms with van der Waals surface area (Å²) in [6, 6.07) is 3.51. The third-order valence-electron chi connectivity index (χ3n) is 3.56. The summed E-state index contributed by atoms with van der Waals surface area (Å²) in [6.45, 7) is 2.61. The van der Waals surface area contributed by atoms with Gasteiger partial charge in [0.2, 0.25) is 0 Å². The van der Waals surface area contributed by atoms with Crippen LogP contribution >= 0.6 is 0 Å². The Kier molecular flexibility index (Phi) is 5.14. The number of hydrogen-bond donors (Lipinski definition) is 2. The van der Waals surface area contributed by atoms with Crippen molar-refractivity contribution in [3.63, 3.8) is 0 Å². The van der Waals surface area contributed by atoms with E-state index in [1.807, 2.05) is 19.1 Å². The molecule has 1 saturated carbocycles. The van der Waals surface area contributed by atoms with Crippen molar-refractivity contribution in [3.8, 4) is 0 Å². The highest BCUT2D eigenvalue weighted by atomic mass is 16.4. The van der Waals surface area contributed by atoms with Crippen molar-refractivity contribution < 1.29 is 14.7 Å². The van der Waals surface area contributed by atoms with Gasteiger partial charge < -0.3 is 15.3 Å². The molecule has 2 amide bonds. The van der Waals surface area contributed by atoms with Crippen molar-refractivity contribution in [1.82, 2.24) is 15.2 Å². The van der Waals surface area contributed by atoms with Crippen LogP contribution < -0.4 is 5.32 Å². The summed E-state index contributed by atoms with van der Waals surface area (Å²) in [5, 5.41) is 11.7. The molecule has 0 aromatic carbocycles. The van der Waals surface area contributed by atoms with E-state index in [2.05, 4.69) is 10.3 Å². The first kappa shape index (κ1) is 15.3. The van der Waals surface area contributed by atoms with Crippen LogP contribution in [0.2, 0.25) is 0 Å². The minimum atomic E-state index is -0.988. The summed E-state index contributed by atoms with van der Waals surface area (Å²) in [5.41, 5.74) is 1.92. The SMILES string of the molecule is CCc1cccnc1CNC(=O)N(CC(=O)O)CC1CC1. The fraction of sp³-hybridized carbons (Fsp3) is 0.533. The van der Waals surface area contributed by atoms with Crippen molar-refractivity contribution in [2.24, 2.45) is 5.92 Å². The maximum atomic E-state index is 12.1. The maximum Gasteiger partial charge on any atom is 0.323 e. The van der Waals surface area contributed by atoms with E-state index in [-0.39, 0.29) is 12.6 Å².